The van der Waals surface area contributed by atoms with Gasteiger partial charge in [-0.2, -0.15) is 4.98 Å². The zero-order valence-corrected chi connectivity index (χ0v) is 14.0. The van der Waals surface area contributed by atoms with Crippen molar-refractivity contribution in [2.75, 3.05) is 5.32 Å². The fraction of sp³-hybridized carbons (Fsp3) is 0.312. The first-order chi connectivity index (χ1) is 11.2. The van der Waals surface area contributed by atoms with E-state index < -0.39 is 0 Å². The van der Waals surface area contributed by atoms with Gasteiger partial charge in [0.1, 0.15) is 0 Å². The molecule has 0 radical (unpaired) electrons. The van der Waals surface area contributed by atoms with Crippen molar-refractivity contribution >= 4 is 35.2 Å². The summed E-state index contributed by atoms with van der Waals surface area (Å²) in [6.07, 6.45) is 6.80. The third-order valence-electron chi connectivity index (χ3n) is 3.63. The Kier molecular flexibility index (Phi) is 5.35. The number of carbonyl (C=O) groups excluding carboxylic acids is 1. The molecule has 1 aliphatic carbocycles. The molecule has 7 heteroatoms. The predicted octanol–water partition coefficient (Wildman–Crippen LogP) is 4.05. The monoisotopic (exact) mass is 348 g/mol. The molecule has 1 aromatic heterocycles. The number of nitrogens with one attached hydrogen (secondary N) is 2. The van der Waals surface area contributed by atoms with Gasteiger partial charge in [-0.05, 0) is 37.0 Å². The van der Waals surface area contributed by atoms with E-state index in [1.165, 1.54) is 11.8 Å². The Morgan fingerprint density at radius 2 is 2.17 bits per heavy atom. The van der Waals surface area contributed by atoms with Crippen molar-refractivity contribution in [2.24, 2.45) is 5.92 Å². The average molecular weight is 349 g/mol. The minimum Gasteiger partial charge on any atom is -0.295 e. The molecule has 0 spiro atoms. The summed E-state index contributed by atoms with van der Waals surface area (Å²) in [5.41, 5.74) is 1.14. The van der Waals surface area contributed by atoms with Crippen LogP contribution in [0.3, 0.4) is 0 Å². The van der Waals surface area contributed by atoms with Gasteiger partial charge in [0.15, 0.2) is 0 Å². The van der Waals surface area contributed by atoms with Crippen molar-refractivity contribution in [2.45, 2.75) is 30.2 Å². The molecule has 0 bridgehead atoms. The van der Waals surface area contributed by atoms with E-state index in [1.807, 2.05) is 24.3 Å². The van der Waals surface area contributed by atoms with E-state index in [-0.39, 0.29) is 11.8 Å². The smallest absolute Gasteiger partial charge is 0.230 e. The molecule has 1 aromatic carbocycles. The normalized spacial score (nSPS) is 17.2. The third-order valence-corrected chi connectivity index (χ3v) is 4.80. The maximum atomic E-state index is 12.1. The minimum atomic E-state index is -0.000230. The number of aromatic nitrogens is 3. The number of nitrogens with zero attached hydrogens (tertiary/aromatic N) is 2. The van der Waals surface area contributed by atoms with Crippen molar-refractivity contribution in [3.63, 3.8) is 0 Å². The molecule has 1 atom stereocenters. The molecule has 0 saturated heterocycles. The largest absolute Gasteiger partial charge is 0.295 e. The van der Waals surface area contributed by atoms with Crippen LogP contribution in [0, 0.1) is 5.92 Å². The Bertz CT molecular complexity index is 698. The molecular weight excluding hydrogens is 332 g/mol. The van der Waals surface area contributed by atoms with E-state index in [0.717, 1.165) is 35.6 Å². The molecule has 1 heterocycles. The lowest BCUT2D eigenvalue weighted by atomic mass is 9.94. The molecule has 120 valence electrons. The first-order valence-corrected chi connectivity index (χ1v) is 8.82. The molecule has 3 rings (SSSR count). The second kappa shape index (κ2) is 7.66. The van der Waals surface area contributed by atoms with Crippen molar-refractivity contribution in [3.05, 3.63) is 47.0 Å². The summed E-state index contributed by atoms with van der Waals surface area (Å²) in [4.78, 5) is 16.4. The van der Waals surface area contributed by atoms with Crippen LogP contribution in [0.25, 0.3) is 0 Å². The third kappa shape index (κ3) is 4.59. The molecule has 2 aromatic rings. The number of halogens is 1. The minimum absolute atomic E-state index is 0.000230. The number of hydrogen-bond acceptors (Lipinski definition) is 4. The Morgan fingerprint density at radius 3 is 2.91 bits per heavy atom. The van der Waals surface area contributed by atoms with Gasteiger partial charge in [0.2, 0.25) is 17.0 Å². The van der Waals surface area contributed by atoms with Gasteiger partial charge in [-0.1, -0.05) is 47.6 Å². The van der Waals surface area contributed by atoms with Crippen molar-refractivity contribution in [3.8, 4) is 0 Å². The topological polar surface area (TPSA) is 70.7 Å². The van der Waals surface area contributed by atoms with Crippen LogP contribution >= 0.6 is 23.4 Å². The number of H-pyrrole nitrogens is 1. The molecule has 0 saturated carbocycles. The van der Waals surface area contributed by atoms with Gasteiger partial charge >= 0.3 is 0 Å². The number of anilines is 1. The second-order valence-corrected chi connectivity index (χ2v) is 6.73. The van der Waals surface area contributed by atoms with E-state index >= 15 is 0 Å². The van der Waals surface area contributed by atoms with Gasteiger partial charge in [0, 0.05) is 16.7 Å². The van der Waals surface area contributed by atoms with Gasteiger partial charge in [-0.3, -0.25) is 10.1 Å². The number of hydrogen-bond donors (Lipinski definition) is 2. The number of aromatic amines is 1. The van der Waals surface area contributed by atoms with Gasteiger partial charge in [0.25, 0.3) is 0 Å². The highest BCUT2D eigenvalue weighted by molar-refractivity contribution is 7.98. The summed E-state index contributed by atoms with van der Waals surface area (Å²) in [6.45, 7) is 0. The zero-order chi connectivity index (χ0) is 16.1. The summed E-state index contributed by atoms with van der Waals surface area (Å²) >= 11 is 7.37. The summed E-state index contributed by atoms with van der Waals surface area (Å²) in [5, 5.41) is 11.0. The first-order valence-electron chi connectivity index (χ1n) is 7.46. The standard InChI is InChI=1S/C16H17ClN4OS/c17-13-8-6-11(7-9-13)10-23-16-19-15(20-21-16)18-14(22)12-4-2-1-3-5-12/h1-2,6-9,12H,3-5,10H2,(H2,18,19,20,21,22). The van der Waals surface area contributed by atoms with Crippen LogP contribution in [0.15, 0.2) is 41.6 Å². The van der Waals surface area contributed by atoms with Crippen LogP contribution in [-0.4, -0.2) is 21.1 Å². The van der Waals surface area contributed by atoms with Gasteiger partial charge in [0.05, 0.1) is 0 Å². The highest BCUT2D eigenvalue weighted by Gasteiger charge is 2.19. The van der Waals surface area contributed by atoms with Crippen molar-refractivity contribution < 1.29 is 4.79 Å². The van der Waals surface area contributed by atoms with Crippen LogP contribution in [0.2, 0.25) is 5.02 Å². The Labute approximate surface area is 143 Å². The lowest BCUT2D eigenvalue weighted by Gasteiger charge is -2.15. The van der Waals surface area contributed by atoms with Crippen LogP contribution in [0.1, 0.15) is 24.8 Å². The van der Waals surface area contributed by atoms with Crippen LogP contribution in [-0.2, 0) is 10.5 Å². The highest BCUT2D eigenvalue weighted by atomic mass is 35.5. The van der Waals surface area contributed by atoms with Crippen LogP contribution < -0.4 is 5.32 Å². The van der Waals surface area contributed by atoms with E-state index in [4.69, 9.17) is 11.6 Å². The van der Waals surface area contributed by atoms with Crippen molar-refractivity contribution in [1.29, 1.82) is 0 Å². The molecule has 2 N–H and O–H groups in total. The molecule has 5 nitrogen and oxygen atoms in total. The fourth-order valence-electron chi connectivity index (χ4n) is 2.35. The number of amides is 1. The maximum Gasteiger partial charge on any atom is 0.230 e. The molecule has 23 heavy (non-hydrogen) atoms. The first kappa shape index (κ1) is 16.1. The number of carbonyl (C=O) groups is 1. The summed E-state index contributed by atoms with van der Waals surface area (Å²) in [6, 6.07) is 7.67. The van der Waals surface area contributed by atoms with Gasteiger partial charge in [-0.15, -0.1) is 5.10 Å². The number of allylic oxidation sites excluding steroid dienone is 2. The Hall–Kier alpha value is -1.79. The molecule has 1 unspecified atom stereocenters. The molecule has 0 aliphatic heterocycles. The Morgan fingerprint density at radius 1 is 1.35 bits per heavy atom. The quantitative estimate of drug-likeness (QED) is 0.631. The van der Waals surface area contributed by atoms with E-state index in [1.54, 1.807) is 0 Å². The predicted molar refractivity (Wildman–Crippen MR) is 92.5 cm³/mol. The van der Waals surface area contributed by atoms with Gasteiger partial charge < -0.3 is 0 Å². The lowest BCUT2D eigenvalue weighted by Crippen LogP contribution is -2.24. The molecular formula is C16H17ClN4OS. The van der Waals surface area contributed by atoms with Crippen LogP contribution in [0.5, 0.6) is 0 Å². The summed E-state index contributed by atoms with van der Waals surface area (Å²) in [7, 11) is 0. The van der Waals surface area contributed by atoms with E-state index in [0.29, 0.717) is 11.1 Å². The Balaban J connectivity index is 1.52. The summed E-state index contributed by atoms with van der Waals surface area (Å²) < 4.78 is 0. The number of thioether (sulfide) groups is 1. The number of benzene rings is 1. The second-order valence-electron chi connectivity index (χ2n) is 5.35. The SMILES string of the molecule is O=C(Nc1nc(SCc2ccc(Cl)cc2)n[nH]1)C1CC=CCC1. The molecule has 0 fully saturated rings. The van der Waals surface area contributed by atoms with E-state index in [9.17, 15) is 4.79 Å². The van der Waals surface area contributed by atoms with E-state index in [2.05, 4.69) is 32.7 Å². The zero-order valence-electron chi connectivity index (χ0n) is 12.5. The summed E-state index contributed by atoms with van der Waals surface area (Å²) in [5.74, 6) is 1.17. The van der Waals surface area contributed by atoms with Gasteiger partial charge in [-0.25, -0.2) is 5.10 Å². The lowest BCUT2D eigenvalue weighted by molar-refractivity contribution is -0.120. The maximum absolute atomic E-state index is 12.1. The molecule has 1 aliphatic rings. The fourth-order valence-corrected chi connectivity index (χ4v) is 3.23. The van der Waals surface area contributed by atoms with Crippen LogP contribution in [0.4, 0.5) is 5.95 Å². The highest BCUT2D eigenvalue weighted by Crippen LogP contribution is 2.22. The molecule has 1 amide bonds. The average Bonchev–Trinajstić information content (AvgIpc) is 3.02. The van der Waals surface area contributed by atoms with Crippen molar-refractivity contribution in [1.82, 2.24) is 15.2 Å². The number of rotatable bonds is 5.